The third kappa shape index (κ3) is 4.48. The zero-order valence-corrected chi connectivity index (χ0v) is 14.0. The quantitative estimate of drug-likeness (QED) is 0.578. The summed E-state index contributed by atoms with van der Waals surface area (Å²) in [6, 6.07) is 10.5. The molecule has 0 heterocycles. The summed E-state index contributed by atoms with van der Waals surface area (Å²) in [5.74, 6) is 0.683. The van der Waals surface area contributed by atoms with Crippen LogP contribution in [0.1, 0.15) is 11.1 Å². The van der Waals surface area contributed by atoms with Crippen LogP contribution >= 0.6 is 27.5 Å². The minimum atomic E-state index is -0.459. The number of hydrogen-bond acceptors (Lipinski definition) is 3. The van der Waals surface area contributed by atoms with Crippen molar-refractivity contribution in [3.8, 4) is 11.5 Å². The van der Waals surface area contributed by atoms with Crippen molar-refractivity contribution in [2.45, 2.75) is 13.8 Å². The molecule has 0 aliphatic heterocycles. The van der Waals surface area contributed by atoms with Crippen molar-refractivity contribution < 1.29 is 14.3 Å². The highest BCUT2D eigenvalue weighted by atomic mass is 79.9. The minimum Gasteiger partial charge on any atom is -0.481 e. The van der Waals surface area contributed by atoms with Gasteiger partial charge in [-0.15, -0.1) is 0 Å². The molecule has 2 rings (SSSR count). The van der Waals surface area contributed by atoms with Gasteiger partial charge in [-0.05, 0) is 61.4 Å². The number of carbonyl (C=O) groups excluding carboxylic acids is 1. The molecule has 0 atom stereocenters. The topological polar surface area (TPSA) is 35.5 Å². The molecule has 0 saturated carbocycles. The second kappa shape index (κ2) is 6.96. The Labute approximate surface area is 137 Å². The Bertz CT molecular complexity index is 630. The summed E-state index contributed by atoms with van der Waals surface area (Å²) in [6.07, 6.45) is 0. The van der Waals surface area contributed by atoms with Crippen LogP contribution in [0.4, 0.5) is 0 Å². The number of carbonyl (C=O) groups is 1. The molecule has 21 heavy (non-hydrogen) atoms. The summed E-state index contributed by atoms with van der Waals surface area (Å²) in [7, 11) is 0. The maximum absolute atomic E-state index is 11.8. The molecule has 110 valence electrons. The Hall–Kier alpha value is -1.52. The average Bonchev–Trinajstić information content (AvgIpc) is 2.40. The Morgan fingerprint density at radius 3 is 2.29 bits per heavy atom. The molecule has 0 aromatic heterocycles. The van der Waals surface area contributed by atoms with Crippen molar-refractivity contribution in [3.63, 3.8) is 0 Å². The first kappa shape index (κ1) is 15.9. The van der Waals surface area contributed by atoms with Gasteiger partial charge in [0.2, 0.25) is 0 Å². The zero-order valence-electron chi connectivity index (χ0n) is 11.7. The summed E-state index contributed by atoms with van der Waals surface area (Å²) < 4.78 is 11.7. The van der Waals surface area contributed by atoms with Gasteiger partial charge in [-0.3, -0.25) is 0 Å². The Morgan fingerprint density at radius 2 is 1.71 bits per heavy atom. The van der Waals surface area contributed by atoms with Gasteiger partial charge < -0.3 is 9.47 Å². The summed E-state index contributed by atoms with van der Waals surface area (Å²) >= 11 is 9.19. The van der Waals surface area contributed by atoms with Crippen LogP contribution in [0.3, 0.4) is 0 Å². The standard InChI is InChI=1S/C16H14BrClO3/c1-10-7-12(17)8-11(2)16(10)20-9-15(19)21-14-5-3-13(18)4-6-14/h3-8H,9H2,1-2H3. The second-order valence-corrected chi connectivity index (χ2v) is 5.94. The predicted molar refractivity (Wildman–Crippen MR) is 86.2 cm³/mol. The summed E-state index contributed by atoms with van der Waals surface area (Å²) in [5, 5.41) is 0.590. The molecule has 2 aromatic rings. The van der Waals surface area contributed by atoms with Crippen LogP contribution in [0.25, 0.3) is 0 Å². The van der Waals surface area contributed by atoms with Gasteiger partial charge >= 0.3 is 5.97 Å². The fourth-order valence-corrected chi connectivity index (χ4v) is 2.73. The molecule has 0 spiro atoms. The number of aryl methyl sites for hydroxylation is 2. The van der Waals surface area contributed by atoms with E-state index in [-0.39, 0.29) is 6.61 Å². The van der Waals surface area contributed by atoms with Gasteiger partial charge in [0.25, 0.3) is 0 Å². The third-order valence-electron chi connectivity index (χ3n) is 2.80. The molecule has 3 nitrogen and oxygen atoms in total. The molecule has 2 aromatic carbocycles. The second-order valence-electron chi connectivity index (χ2n) is 4.59. The summed E-state index contributed by atoms with van der Waals surface area (Å²) in [4.78, 5) is 11.8. The highest BCUT2D eigenvalue weighted by Crippen LogP contribution is 2.27. The van der Waals surface area contributed by atoms with E-state index in [0.717, 1.165) is 15.6 Å². The third-order valence-corrected chi connectivity index (χ3v) is 3.51. The fraction of sp³-hybridized carbons (Fsp3) is 0.188. The molecule has 0 fully saturated rings. The molecule has 0 bridgehead atoms. The maximum Gasteiger partial charge on any atom is 0.349 e. The minimum absolute atomic E-state index is 0.147. The van der Waals surface area contributed by atoms with Crippen LogP contribution in [-0.4, -0.2) is 12.6 Å². The lowest BCUT2D eigenvalue weighted by Crippen LogP contribution is -2.18. The number of halogens is 2. The fourth-order valence-electron chi connectivity index (χ4n) is 1.92. The predicted octanol–water partition coefficient (Wildman–Crippen LogP) is 4.70. The van der Waals surface area contributed by atoms with E-state index in [2.05, 4.69) is 15.9 Å². The molecule has 0 saturated heterocycles. The van der Waals surface area contributed by atoms with Gasteiger partial charge in [0.15, 0.2) is 6.61 Å². The van der Waals surface area contributed by atoms with Crippen molar-refractivity contribution in [1.29, 1.82) is 0 Å². The van der Waals surface area contributed by atoms with Gasteiger partial charge in [-0.1, -0.05) is 27.5 Å². The highest BCUT2D eigenvalue weighted by Gasteiger charge is 2.10. The Kier molecular flexibility index (Phi) is 5.26. The molecule has 0 aliphatic carbocycles. The first-order valence-electron chi connectivity index (χ1n) is 6.31. The van der Waals surface area contributed by atoms with Crippen molar-refractivity contribution in [1.82, 2.24) is 0 Å². The van der Waals surface area contributed by atoms with Crippen LogP contribution in [0.15, 0.2) is 40.9 Å². The number of hydrogen-bond donors (Lipinski definition) is 0. The number of rotatable bonds is 4. The SMILES string of the molecule is Cc1cc(Br)cc(C)c1OCC(=O)Oc1ccc(Cl)cc1. The molecular weight excluding hydrogens is 356 g/mol. The van der Waals surface area contributed by atoms with E-state index >= 15 is 0 Å². The van der Waals surface area contributed by atoms with Crippen LogP contribution in [0, 0.1) is 13.8 Å². The lowest BCUT2D eigenvalue weighted by Gasteiger charge is -2.12. The van der Waals surface area contributed by atoms with E-state index in [4.69, 9.17) is 21.1 Å². The number of benzene rings is 2. The largest absolute Gasteiger partial charge is 0.481 e. The Morgan fingerprint density at radius 1 is 1.14 bits per heavy atom. The number of esters is 1. The summed E-state index contributed by atoms with van der Waals surface area (Å²) in [6.45, 7) is 3.71. The highest BCUT2D eigenvalue weighted by molar-refractivity contribution is 9.10. The smallest absolute Gasteiger partial charge is 0.349 e. The van der Waals surface area contributed by atoms with Gasteiger partial charge in [0.1, 0.15) is 11.5 Å². The van der Waals surface area contributed by atoms with Crippen LogP contribution in [-0.2, 0) is 4.79 Å². The van der Waals surface area contributed by atoms with E-state index in [1.807, 2.05) is 26.0 Å². The van der Waals surface area contributed by atoms with Gasteiger partial charge in [0, 0.05) is 9.50 Å². The molecule has 0 aliphatic rings. The van der Waals surface area contributed by atoms with Crippen molar-refractivity contribution in [3.05, 3.63) is 57.0 Å². The lowest BCUT2D eigenvalue weighted by molar-refractivity contribution is -0.136. The normalized spacial score (nSPS) is 10.3. The van der Waals surface area contributed by atoms with Crippen molar-refractivity contribution >= 4 is 33.5 Å². The van der Waals surface area contributed by atoms with E-state index in [1.165, 1.54) is 0 Å². The van der Waals surface area contributed by atoms with E-state index in [9.17, 15) is 4.79 Å². The Balaban J connectivity index is 1.97. The van der Waals surface area contributed by atoms with Crippen molar-refractivity contribution in [2.75, 3.05) is 6.61 Å². The van der Waals surface area contributed by atoms with Crippen LogP contribution in [0.5, 0.6) is 11.5 Å². The van der Waals surface area contributed by atoms with E-state index < -0.39 is 5.97 Å². The first-order valence-corrected chi connectivity index (χ1v) is 7.48. The van der Waals surface area contributed by atoms with Gasteiger partial charge in [0.05, 0.1) is 0 Å². The monoisotopic (exact) mass is 368 g/mol. The van der Waals surface area contributed by atoms with Crippen molar-refractivity contribution in [2.24, 2.45) is 0 Å². The van der Waals surface area contributed by atoms with Crippen LogP contribution < -0.4 is 9.47 Å². The van der Waals surface area contributed by atoms with Crippen LogP contribution in [0.2, 0.25) is 5.02 Å². The summed E-state index contributed by atoms with van der Waals surface area (Å²) in [5.41, 5.74) is 1.92. The molecule has 0 unspecified atom stereocenters. The number of ether oxygens (including phenoxy) is 2. The average molecular weight is 370 g/mol. The molecule has 5 heteroatoms. The van der Waals surface area contributed by atoms with E-state index in [1.54, 1.807) is 24.3 Å². The molecule has 0 amide bonds. The van der Waals surface area contributed by atoms with E-state index in [0.29, 0.717) is 16.5 Å². The molecule has 0 radical (unpaired) electrons. The molecular formula is C16H14BrClO3. The lowest BCUT2D eigenvalue weighted by atomic mass is 10.1. The first-order chi connectivity index (χ1) is 9.95. The van der Waals surface area contributed by atoms with Gasteiger partial charge in [-0.2, -0.15) is 0 Å². The maximum atomic E-state index is 11.8. The zero-order chi connectivity index (χ0) is 15.4. The van der Waals surface area contributed by atoms with Gasteiger partial charge in [-0.25, -0.2) is 4.79 Å². The molecule has 0 N–H and O–H groups in total.